The number of likely N-dealkylation sites (tertiary alicyclic amines) is 1. The van der Waals surface area contributed by atoms with Gasteiger partial charge in [-0.1, -0.05) is 0 Å². The number of hydrogen-bond donors (Lipinski definition) is 0. The topological polar surface area (TPSA) is 86.7 Å². The largest absolute Gasteiger partial charge is 0.338 e. The summed E-state index contributed by atoms with van der Waals surface area (Å²) in [7, 11) is 0. The molecule has 8 nitrogen and oxygen atoms in total. The average molecular weight is 303 g/mol. The van der Waals surface area contributed by atoms with Gasteiger partial charge in [-0.05, 0) is 6.07 Å². The Morgan fingerprint density at radius 1 is 1.00 bits per heavy atom. The highest BCUT2D eigenvalue weighted by Gasteiger charge is 2.32. The molecule has 0 N–H and O–H groups in total. The fraction of sp³-hybridized carbons (Fsp3) is 0.500. The van der Waals surface area contributed by atoms with Crippen molar-refractivity contribution in [1.29, 1.82) is 0 Å². The van der Waals surface area contributed by atoms with Crippen molar-refractivity contribution >= 4 is 23.7 Å². The number of nitrogens with zero attached hydrogens (tertiary/aromatic N) is 5. The monoisotopic (exact) mass is 303 g/mol. The Kier molecular flexibility index (Phi) is 3.99. The number of rotatable bonds is 3. The lowest BCUT2D eigenvalue weighted by molar-refractivity contribution is -0.145. The van der Waals surface area contributed by atoms with Gasteiger partial charge in [-0.15, -0.1) is 0 Å². The molecule has 8 heteroatoms. The van der Waals surface area contributed by atoms with Gasteiger partial charge in [-0.2, -0.15) is 0 Å². The number of aromatic nitrogens is 2. The molecule has 0 aliphatic carbocycles. The van der Waals surface area contributed by atoms with Gasteiger partial charge in [-0.3, -0.25) is 19.3 Å². The second-order valence-corrected chi connectivity index (χ2v) is 5.29. The molecule has 0 bridgehead atoms. The molecule has 2 aliphatic heterocycles. The second-order valence-electron chi connectivity index (χ2n) is 5.29. The molecule has 2 saturated heterocycles. The number of amides is 3. The molecule has 0 spiro atoms. The average Bonchev–Trinajstić information content (AvgIpc) is 2.88. The van der Waals surface area contributed by atoms with Crippen molar-refractivity contribution in [3.8, 4) is 0 Å². The van der Waals surface area contributed by atoms with Gasteiger partial charge < -0.3 is 9.80 Å². The normalized spacial score (nSPS) is 19.0. The first-order chi connectivity index (χ1) is 10.6. The molecule has 3 amide bonds. The van der Waals surface area contributed by atoms with E-state index in [1.54, 1.807) is 23.4 Å². The summed E-state index contributed by atoms with van der Waals surface area (Å²) in [5.41, 5.74) is 0. The zero-order valence-electron chi connectivity index (χ0n) is 12.1. The molecule has 0 atom stereocenters. The van der Waals surface area contributed by atoms with Crippen LogP contribution in [0.5, 0.6) is 0 Å². The van der Waals surface area contributed by atoms with Crippen LogP contribution in [0.4, 0.5) is 5.95 Å². The van der Waals surface area contributed by atoms with E-state index < -0.39 is 0 Å². The molecule has 2 aliphatic rings. The first-order valence-electron chi connectivity index (χ1n) is 7.28. The minimum Gasteiger partial charge on any atom is -0.338 e. The summed E-state index contributed by atoms with van der Waals surface area (Å²) >= 11 is 0. The lowest BCUT2D eigenvalue weighted by atomic mass is 10.3. The fourth-order valence-corrected chi connectivity index (χ4v) is 2.64. The highest BCUT2D eigenvalue weighted by molar-refractivity contribution is 6.04. The Morgan fingerprint density at radius 2 is 1.59 bits per heavy atom. The highest BCUT2D eigenvalue weighted by Crippen LogP contribution is 2.13. The van der Waals surface area contributed by atoms with Crippen LogP contribution in [0.2, 0.25) is 0 Å². The highest BCUT2D eigenvalue weighted by atomic mass is 16.2. The number of carbonyl (C=O) groups is 3. The molecule has 22 heavy (non-hydrogen) atoms. The summed E-state index contributed by atoms with van der Waals surface area (Å²) in [6, 6.07) is 1.76. The zero-order valence-corrected chi connectivity index (χ0v) is 12.1. The number of hydrogen-bond acceptors (Lipinski definition) is 6. The van der Waals surface area contributed by atoms with Gasteiger partial charge in [0.05, 0.1) is 0 Å². The summed E-state index contributed by atoms with van der Waals surface area (Å²) < 4.78 is 0. The third kappa shape index (κ3) is 2.90. The minimum absolute atomic E-state index is 0.139. The molecule has 0 aromatic carbocycles. The Hall–Kier alpha value is -2.51. The predicted octanol–water partition coefficient (Wildman–Crippen LogP) is -0.726. The Morgan fingerprint density at radius 3 is 2.18 bits per heavy atom. The lowest BCUT2D eigenvalue weighted by Gasteiger charge is -2.35. The molecule has 1 aromatic rings. The van der Waals surface area contributed by atoms with E-state index in [-0.39, 0.29) is 37.1 Å². The van der Waals surface area contributed by atoms with Crippen LogP contribution in [0.3, 0.4) is 0 Å². The van der Waals surface area contributed by atoms with E-state index in [1.807, 2.05) is 4.90 Å². The van der Waals surface area contributed by atoms with Gasteiger partial charge in [0.15, 0.2) is 0 Å². The van der Waals surface area contributed by atoms with Gasteiger partial charge in [0.1, 0.15) is 6.54 Å². The molecule has 116 valence electrons. The predicted molar refractivity (Wildman–Crippen MR) is 76.8 cm³/mol. The second kappa shape index (κ2) is 6.08. The molecular formula is C14H17N5O3. The van der Waals surface area contributed by atoms with E-state index >= 15 is 0 Å². The molecule has 0 radical (unpaired) electrons. The van der Waals surface area contributed by atoms with Crippen molar-refractivity contribution in [3.63, 3.8) is 0 Å². The van der Waals surface area contributed by atoms with Crippen molar-refractivity contribution in [2.24, 2.45) is 0 Å². The van der Waals surface area contributed by atoms with E-state index in [0.717, 1.165) is 4.90 Å². The molecule has 3 heterocycles. The molecule has 3 rings (SSSR count). The standard InChI is InChI=1S/C14H17N5O3/c20-11-2-3-12(21)19(11)10-13(22)17-6-8-18(9-7-17)14-15-4-1-5-16-14/h1,4-5H,2-3,6-10H2. The smallest absolute Gasteiger partial charge is 0.242 e. The van der Waals surface area contributed by atoms with E-state index in [2.05, 4.69) is 9.97 Å². The van der Waals surface area contributed by atoms with Crippen LogP contribution in [0.15, 0.2) is 18.5 Å². The Labute approximate surface area is 127 Å². The van der Waals surface area contributed by atoms with Gasteiger partial charge >= 0.3 is 0 Å². The van der Waals surface area contributed by atoms with Crippen LogP contribution < -0.4 is 4.90 Å². The Balaban J connectivity index is 1.54. The van der Waals surface area contributed by atoms with Crippen LogP contribution in [-0.4, -0.2) is 70.2 Å². The molecule has 1 aromatic heterocycles. The van der Waals surface area contributed by atoms with E-state index in [9.17, 15) is 14.4 Å². The SMILES string of the molecule is O=C(CN1C(=O)CCC1=O)N1CCN(c2ncccn2)CC1. The van der Waals surface area contributed by atoms with Crippen molar-refractivity contribution in [3.05, 3.63) is 18.5 Å². The van der Waals surface area contributed by atoms with Gasteiger partial charge in [-0.25, -0.2) is 9.97 Å². The number of imide groups is 1. The lowest BCUT2D eigenvalue weighted by Crippen LogP contribution is -2.52. The van der Waals surface area contributed by atoms with Crippen LogP contribution >= 0.6 is 0 Å². The summed E-state index contributed by atoms with van der Waals surface area (Å²) in [5, 5.41) is 0. The maximum atomic E-state index is 12.2. The number of carbonyl (C=O) groups excluding carboxylic acids is 3. The van der Waals surface area contributed by atoms with E-state index in [0.29, 0.717) is 32.1 Å². The zero-order chi connectivity index (χ0) is 15.5. The van der Waals surface area contributed by atoms with Crippen LogP contribution in [0, 0.1) is 0 Å². The Bertz CT molecular complexity index is 567. The van der Waals surface area contributed by atoms with Crippen molar-refractivity contribution < 1.29 is 14.4 Å². The van der Waals surface area contributed by atoms with Crippen molar-refractivity contribution in [2.45, 2.75) is 12.8 Å². The molecular weight excluding hydrogens is 286 g/mol. The molecule has 0 unspecified atom stereocenters. The maximum absolute atomic E-state index is 12.2. The van der Waals surface area contributed by atoms with E-state index in [1.165, 1.54) is 0 Å². The third-order valence-electron chi connectivity index (χ3n) is 3.92. The molecule has 2 fully saturated rings. The van der Waals surface area contributed by atoms with Gasteiger partial charge in [0.2, 0.25) is 23.7 Å². The van der Waals surface area contributed by atoms with Gasteiger partial charge in [0, 0.05) is 51.4 Å². The quantitative estimate of drug-likeness (QED) is 0.685. The van der Waals surface area contributed by atoms with Gasteiger partial charge in [0.25, 0.3) is 0 Å². The number of anilines is 1. The van der Waals surface area contributed by atoms with E-state index in [4.69, 9.17) is 0 Å². The van der Waals surface area contributed by atoms with Crippen LogP contribution in [-0.2, 0) is 14.4 Å². The minimum atomic E-state index is -0.255. The summed E-state index contributed by atoms with van der Waals surface area (Å²) in [6.07, 6.45) is 3.80. The van der Waals surface area contributed by atoms with Crippen molar-refractivity contribution in [2.75, 3.05) is 37.6 Å². The van der Waals surface area contributed by atoms with Crippen molar-refractivity contribution in [1.82, 2.24) is 19.8 Å². The first kappa shape index (κ1) is 14.4. The number of piperazine rings is 1. The first-order valence-corrected chi connectivity index (χ1v) is 7.28. The summed E-state index contributed by atoms with van der Waals surface area (Å²) in [6.45, 7) is 2.20. The third-order valence-corrected chi connectivity index (χ3v) is 3.92. The molecule has 0 saturated carbocycles. The summed E-state index contributed by atoms with van der Waals surface area (Å²) in [4.78, 5) is 48.4. The maximum Gasteiger partial charge on any atom is 0.242 e. The van der Waals surface area contributed by atoms with Crippen LogP contribution in [0.1, 0.15) is 12.8 Å². The van der Waals surface area contributed by atoms with Crippen LogP contribution in [0.25, 0.3) is 0 Å². The fourth-order valence-electron chi connectivity index (χ4n) is 2.64. The summed E-state index contributed by atoms with van der Waals surface area (Å²) in [5.74, 6) is -0.0407.